The molecule has 0 saturated heterocycles. The molecule has 0 saturated carbocycles. The van der Waals surface area contributed by atoms with Crippen LogP contribution in [-0.4, -0.2) is 0 Å². The van der Waals surface area contributed by atoms with Gasteiger partial charge >= 0.3 is 0 Å². The normalized spacial score (nSPS) is 13.5. The number of benzene rings is 5. The summed E-state index contributed by atoms with van der Waals surface area (Å²) in [5.41, 5.74) is 9.40. The van der Waals surface area contributed by atoms with E-state index in [1.165, 1.54) is 33.0 Å². The summed E-state index contributed by atoms with van der Waals surface area (Å²) in [6.45, 7) is 4.57. The number of anilines is 2. The molecule has 2 heteroatoms. The second-order valence-electron chi connectivity index (χ2n) is 9.32. The van der Waals surface area contributed by atoms with Gasteiger partial charge in [0.1, 0.15) is 0 Å². The Balaban J connectivity index is 1.39. The van der Waals surface area contributed by atoms with Gasteiger partial charge in [-0.2, -0.15) is 0 Å². The molecule has 1 nitrogen and oxygen atoms in total. The lowest BCUT2D eigenvalue weighted by Gasteiger charge is -2.22. The van der Waals surface area contributed by atoms with Crippen molar-refractivity contribution in [1.29, 1.82) is 0 Å². The lowest BCUT2D eigenvalue weighted by atomic mass is 9.81. The molecule has 1 aliphatic carbocycles. The average Bonchev–Trinajstić information content (AvgIpc) is 3.07. The summed E-state index contributed by atoms with van der Waals surface area (Å²) in [4.78, 5) is 0. The number of halogens is 1. The van der Waals surface area contributed by atoms with Gasteiger partial charge in [0.05, 0.1) is 0 Å². The van der Waals surface area contributed by atoms with E-state index in [1.54, 1.807) is 0 Å². The minimum atomic E-state index is -0.0769. The van der Waals surface area contributed by atoms with Crippen molar-refractivity contribution in [3.8, 4) is 22.3 Å². The molecule has 0 amide bonds. The van der Waals surface area contributed by atoms with Crippen LogP contribution in [0.15, 0.2) is 103 Å². The first kappa shape index (κ1) is 20.1. The van der Waals surface area contributed by atoms with E-state index in [0.717, 1.165) is 27.5 Å². The van der Waals surface area contributed by atoms with Crippen molar-refractivity contribution < 1.29 is 0 Å². The van der Waals surface area contributed by atoms with Crippen molar-refractivity contribution >= 4 is 33.7 Å². The van der Waals surface area contributed by atoms with Gasteiger partial charge in [-0.05, 0) is 75.0 Å². The number of nitrogens with one attached hydrogen (secondary N) is 1. The minimum Gasteiger partial charge on any atom is -0.355 e. The summed E-state index contributed by atoms with van der Waals surface area (Å²) >= 11 is 6.89. The zero-order valence-corrected chi connectivity index (χ0v) is 19.4. The summed E-state index contributed by atoms with van der Waals surface area (Å²) in [6.07, 6.45) is 0. The third kappa shape index (κ3) is 3.32. The Kier molecular flexibility index (Phi) is 4.57. The standard InChI is InChI=1S/C31H24ClN/c1-31(2)27-13-6-5-12-26(27)30-28(31)18-23(19-29(30)32)22-10-7-11-24(17-22)33-25-15-14-20-8-3-4-9-21(20)16-25/h3-19,33H,1-2H3. The van der Waals surface area contributed by atoms with Crippen LogP contribution in [-0.2, 0) is 5.41 Å². The molecule has 0 unspecified atom stereocenters. The van der Waals surface area contributed by atoms with E-state index in [2.05, 4.69) is 122 Å². The molecule has 0 spiro atoms. The Bertz CT molecular complexity index is 1530. The predicted molar refractivity (Wildman–Crippen MR) is 142 cm³/mol. The maximum Gasteiger partial charge on any atom is 0.0493 e. The Morgan fingerprint density at radius 1 is 0.606 bits per heavy atom. The van der Waals surface area contributed by atoms with Gasteiger partial charge in [-0.1, -0.05) is 92.2 Å². The maximum absolute atomic E-state index is 6.89. The van der Waals surface area contributed by atoms with Crippen molar-refractivity contribution in [2.45, 2.75) is 19.3 Å². The quantitative estimate of drug-likeness (QED) is 0.292. The Labute approximate surface area is 199 Å². The van der Waals surface area contributed by atoms with Crippen molar-refractivity contribution in [1.82, 2.24) is 0 Å². The molecular formula is C31H24ClN. The zero-order chi connectivity index (χ0) is 22.6. The van der Waals surface area contributed by atoms with Crippen LogP contribution in [0.25, 0.3) is 33.0 Å². The van der Waals surface area contributed by atoms with Gasteiger partial charge in [-0.3, -0.25) is 0 Å². The second kappa shape index (κ2) is 7.50. The van der Waals surface area contributed by atoms with Crippen LogP contribution in [0.3, 0.4) is 0 Å². The molecule has 0 fully saturated rings. The molecule has 0 heterocycles. The Morgan fingerprint density at radius 3 is 2.24 bits per heavy atom. The van der Waals surface area contributed by atoms with Crippen LogP contribution in [0.1, 0.15) is 25.0 Å². The number of hydrogen-bond donors (Lipinski definition) is 1. The van der Waals surface area contributed by atoms with Crippen LogP contribution in [0.4, 0.5) is 11.4 Å². The van der Waals surface area contributed by atoms with E-state index in [-0.39, 0.29) is 5.41 Å². The first-order valence-electron chi connectivity index (χ1n) is 11.3. The second-order valence-corrected chi connectivity index (χ2v) is 9.73. The summed E-state index contributed by atoms with van der Waals surface area (Å²) in [6, 6.07) is 36.5. The summed E-state index contributed by atoms with van der Waals surface area (Å²) in [5, 5.41) is 6.86. The molecule has 5 aromatic carbocycles. The van der Waals surface area contributed by atoms with Crippen LogP contribution in [0.5, 0.6) is 0 Å². The lowest BCUT2D eigenvalue weighted by Crippen LogP contribution is -2.15. The highest BCUT2D eigenvalue weighted by Crippen LogP contribution is 2.52. The largest absolute Gasteiger partial charge is 0.355 e. The fourth-order valence-corrected chi connectivity index (χ4v) is 5.46. The molecule has 0 radical (unpaired) electrons. The predicted octanol–water partition coefficient (Wildman–Crippen LogP) is 9.21. The molecule has 5 aromatic rings. The summed E-state index contributed by atoms with van der Waals surface area (Å²) in [7, 11) is 0. The first-order valence-corrected chi connectivity index (χ1v) is 11.7. The Hall–Kier alpha value is -3.55. The van der Waals surface area contributed by atoms with Crippen molar-refractivity contribution in [2.75, 3.05) is 5.32 Å². The lowest BCUT2D eigenvalue weighted by molar-refractivity contribution is 0.660. The topological polar surface area (TPSA) is 12.0 Å². The summed E-state index contributed by atoms with van der Waals surface area (Å²) in [5.74, 6) is 0. The number of fused-ring (bicyclic) bond motifs is 4. The molecule has 6 rings (SSSR count). The van der Waals surface area contributed by atoms with Crippen LogP contribution < -0.4 is 5.32 Å². The highest BCUT2D eigenvalue weighted by atomic mass is 35.5. The van der Waals surface area contributed by atoms with Gasteiger partial charge in [0, 0.05) is 27.4 Å². The molecular weight excluding hydrogens is 422 g/mol. The highest BCUT2D eigenvalue weighted by molar-refractivity contribution is 6.34. The SMILES string of the molecule is CC1(C)c2ccccc2-c2c(Cl)cc(-c3cccc(Nc4ccc5ccccc5c4)c3)cc21. The molecule has 0 bridgehead atoms. The minimum absolute atomic E-state index is 0.0769. The first-order chi connectivity index (χ1) is 16.0. The van der Waals surface area contributed by atoms with Crippen molar-refractivity contribution in [3.63, 3.8) is 0 Å². The van der Waals surface area contributed by atoms with Gasteiger partial charge in [-0.25, -0.2) is 0 Å². The van der Waals surface area contributed by atoms with E-state index in [1.807, 2.05) is 0 Å². The van der Waals surface area contributed by atoms with Gasteiger partial charge in [-0.15, -0.1) is 0 Å². The molecule has 0 atom stereocenters. The van der Waals surface area contributed by atoms with Gasteiger partial charge in [0.15, 0.2) is 0 Å². The van der Waals surface area contributed by atoms with Crippen LogP contribution in [0.2, 0.25) is 5.02 Å². The molecule has 1 aliphatic rings. The smallest absolute Gasteiger partial charge is 0.0493 e. The van der Waals surface area contributed by atoms with Gasteiger partial charge < -0.3 is 5.32 Å². The Morgan fingerprint density at radius 2 is 1.36 bits per heavy atom. The summed E-state index contributed by atoms with van der Waals surface area (Å²) < 4.78 is 0. The van der Waals surface area contributed by atoms with Crippen molar-refractivity contribution in [3.05, 3.63) is 119 Å². The molecule has 0 aliphatic heterocycles. The zero-order valence-electron chi connectivity index (χ0n) is 18.7. The molecule has 160 valence electrons. The van der Waals surface area contributed by atoms with Gasteiger partial charge in [0.25, 0.3) is 0 Å². The molecule has 1 N–H and O–H groups in total. The number of hydrogen-bond acceptors (Lipinski definition) is 1. The fourth-order valence-electron chi connectivity index (χ4n) is 5.14. The van der Waals surface area contributed by atoms with E-state index in [4.69, 9.17) is 11.6 Å². The van der Waals surface area contributed by atoms with E-state index < -0.39 is 0 Å². The third-order valence-electron chi connectivity index (χ3n) is 6.87. The monoisotopic (exact) mass is 445 g/mol. The van der Waals surface area contributed by atoms with Crippen LogP contribution in [0, 0.1) is 0 Å². The van der Waals surface area contributed by atoms with Gasteiger partial charge in [0.2, 0.25) is 0 Å². The average molecular weight is 446 g/mol. The molecule has 0 aromatic heterocycles. The third-order valence-corrected chi connectivity index (χ3v) is 7.17. The van der Waals surface area contributed by atoms with E-state index in [0.29, 0.717) is 0 Å². The van der Waals surface area contributed by atoms with E-state index >= 15 is 0 Å². The molecule has 33 heavy (non-hydrogen) atoms. The highest BCUT2D eigenvalue weighted by Gasteiger charge is 2.36. The number of rotatable bonds is 3. The fraction of sp³-hybridized carbons (Fsp3) is 0.0968. The van der Waals surface area contributed by atoms with E-state index in [9.17, 15) is 0 Å². The maximum atomic E-state index is 6.89. The van der Waals surface area contributed by atoms with Crippen LogP contribution >= 0.6 is 11.6 Å². The van der Waals surface area contributed by atoms with Crippen molar-refractivity contribution in [2.24, 2.45) is 0 Å².